The second kappa shape index (κ2) is 5.09. The van der Waals surface area contributed by atoms with E-state index in [1.54, 1.807) is 12.3 Å². The van der Waals surface area contributed by atoms with E-state index in [4.69, 9.17) is 0 Å². The van der Waals surface area contributed by atoms with Crippen LogP contribution in [0.3, 0.4) is 0 Å². The molecule has 1 aliphatic carbocycles. The number of rotatable bonds is 6. The summed E-state index contributed by atoms with van der Waals surface area (Å²) in [7, 11) is 0. The normalized spacial score (nSPS) is 15.5. The third kappa shape index (κ3) is 3.85. The van der Waals surface area contributed by atoms with Gasteiger partial charge in [-0.3, -0.25) is 4.79 Å². The van der Waals surface area contributed by atoms with E-state index in [9.17, 15) is 4.79 Å². The van der Waals surface area contributed by atoms with Crippen molar-refractivity contribution in [3.63, 3.8) is 0 Å². The fraction of sp³-hybridized carbons (Fsp3) is 0.545. The average molecular weight is 207 g/mol. The van der Waals surface area contributed by atoms with Crippen molar-refractivity contribution in [3.05, 3.63) is 34.2 Å². The van der Waals surface area contributed by atoms with Gasteiger partial charge in [0.15, 0.2) is 0 Å². The molecule has 1 aromatic rings. The molecule has 4 nitrogen and oxygen atoms in total. The summed E-state index contributed by atoms with van der Waals surface area (Å²) >= 11 is 0. The number of hydrogen-bond acceptors (Lipinski definition) is 3. The zero-order chi connectivity index (χ0) is 10.5. The second-order valence-electron chi connectivity index (χ2n) is 3.97. The third-order valence-electron chi connectivity index (χ3n) is 2.48. The molecule has 1 fully saturated rings. The molecule has 1 saturated carbocycles. The van der Waals surface area contributed by atoms with Crippen molar-refractivity contribution in [3.8, 4) is 0 Å². The van der Waals surface area contributed by atoms with Crippen LogP contribution in [0, 0.1) is 0 Å². The highest BCUT2D eigenvalue weighted by Gasteiger charge is 2.19. The first-order valence-corrected chi connectivity index (χ1v) is 5.46. The fourth-order valence-electron chi connectivity index (χ4n) is 1.48. The lowest BCUT2D eigenvalue weighted by molar-refractivity contribution is 0.608. The Kier molecular flexibility index (Phi) is 3.53. The topological polar surface area (TPSA) is 56.9 Å². The van der Waals surface area contributed by atoms with E-state index in [0.717, 1.165) is 31.2 Å². The van der Waals surface area contributed by atoms with Crippen molar-refractivity contribution in [2.45, 2.75) is 25.4 Å². The number of H-pyrrole nitrogens is 1. The third-order valence-corrected chi connectivity index (χ3v) is 2.48. The Morgan fingerprint density at radius 2 is 2.27 bits per heavy atom. The number of aromatic amines is 1. The molecule has 0 radical (unpaired) electrons. The van der Waals surface area contributed by atoms with E-state index >= 15 is 0 Å². The summed E-state index contributed by atoms with van der Waals surface area (Å²) in [4.78, 5) is 13.6. The Balaban J connectivity index is 1.62. The summed E-state index contributed by atoms with van der Waals surface area (Å²) in [6.07, 6.45) is 4.34. The SMILES string of the molecule is O=c1cc(CNCCNC2CC2)cc[nH]1. The van der Waals surface area contributed by atoms with E-state index in [1.165, 1.54) is 12.8 Å². The zero-order valence-corrected chi connectivity index (χ0v) is 8.75. The van der Waals surface area contributed by atoms with Crippen LogP contribution in [0.2, 0.25) is 0 Å². The number of hydrogen-bond donors (Lipinski definition) is 3. The first-order valence-electron chi connectivity index (χ1n) is 5.46. The molecule has 0 aliphatic heterocycles. The van der Waals surface area contributed by atoms with Gasteiger partial charge in [-0.1, -0.05) is 0 Å². The van der Waals surface area contributed by atoms with Gasteiger partial charge in [0.05, 0.1) is 0 Å². The van der Waals surface area contributed by atoms with Gasteiger partial charge in [0.25, 0.3) is 0 Å². The summed E-state index contributed by atoms with van der Waals surface area (Å²) in [5, 5.41) is 6.72. The molecule has 4 heteroatoms. The Morgan fingerprint density at radius 1 is 1.40 bits per heavy atom. The van der Waals surface area contributed by atoms with Crippen LogP contribution in [0.4, 0.5) is 0 Å². The summed E-state index contributed by atoms with van der Waals surface area (Å²) in [6, 6.07) is 4.32. The minimum absolute atomic E-state index is 0.0367. The van der Waals surface area contributed by atoms with Crippen molar-refractivity contribution in [1.82, 2.24) is 15.6 Å². The molecule has 0 saturated heterocycles. The van der Waals surface area contributed by atoms with Gasteiger partial charge in [-0.25, -0.2) is 0 Å². The second-order valence-corrected chi connectivity index (χ2v) is 3.97. The van der Waals surface area contributed by atoms with Crippen molar-refractivity contribution in [1.29, 1.82) is 0 Å². The molecule has 2 rings (SSSR count). The number of nitrogens with one attached hydrogen (secondary N) is 3. The molecule has 0 atom stereocenters. The van der Waals surface area contributed by atoms with E-state index in [0.29, 0.717) is 0 Å². The van der Waals surface area contributed by atoms with Crippen LogP contribution in [0.15, 0.2) is 23.1 Å². The van der Waals surface area contributed by atoms with Crippen molar-refractivity contribution in [2.75, 3.05) is 13.1 Å². The predicted octanol–water partition coefficient (Wildman–Crippen LogP) is 0.216. The highest BCUT2D eigenvalue weighted by atomic mass is 16.1. The lowest BCUT2D eigenvalue weighted by Gasteiger charge is -2.05. The van der Waals surface area contributed by atoms with Gasteiger partial charge in [0, 0.05) is 37.9 Å². The first kappa shape index (κ1) is 10.4. The van der Waals surface area contributed by atoms with Gasteiger partial charge in [-0.2, -0.15) is 0 Å². The van der Waals surface area contributed by atoms with Crippen molar-refractivity contribution < 1.29 is 0 Å². The van der Waals surface area contributed by atoms with Gasteiger partial charge in [-0.15, -0.1) is 0 Å². The standard InChI is InChI=1S/C11H17N3O/c15-11-7-9(3-4-14-11)8-12-5-6-13-10-1-2-10/h3-4,7,10,12-13H,1-2,5-6,8H2,(H,14,15). The van der Waals surface area contributed by atoms with Gasteiger partial charge in [0.1, 0.15) is 0 Å². The molecule has 1 aliphatic rings. The minimum Gasteiger partial charge on any atom is -0.329 e. The molecular weight excluding hydrogens is 190 g/mol. The van der Waals surface area contributed by atoms with Crippen molar-refractivity contribution >= 4 is 0 Å². The maximum Gasteiger partial charge on any atom is 0.248 e. The first-order chi connectivity index (χ1) is 7.34. The number of aromatic nitrogens is 1. The molecule has 0 amide bonds. The minimum atomic E-state index is -0.0367. The van der Waals surface area contributed by atoms with Crippen molar-refractivity contribution in [2.24, 2.45) is 0 Å². The molecule has 1 aromatic heterocycles. The van der Waals surface area contributed by atoms with E-state index in [1.807, 2.05) is 6.07 Å². The molecule has 15 heavy (non-hydrogen) atoms. The quantitative estimate of drug-likeness (QED) is 0.585. The van der Waals surface area contributed by atoms with E-state index in [-0.39, 0.29) is 5.56 Å². The van der Waals surface area contributed by atoms with Gasteiger partial charge >= 0.3 is 0 Å². The molecule has 0 aromatic carbocycles. The van der Waals surface area contributed by atoms with Gasteiger partial charge in [-0.05, 0) is 24.5 Å². The molecular formula is C11H17N3O. The lowest BCUT2D eigenvalue weighted by atomic mass is 10.3. The Morgan fingerprint density at radius 3 is 3.00 bits per heavy atom. The summed E-state index contributed by atoms with van der Waals surface area (Å²) < 4.78 is 0. The van der Waals surface area contributed by atoms with E-state index < -0.39 is 0 Å². The maximum absolute atomic E-state index is 11.0. The molecule has 3 N–H and O–H groups in total. The highest BCUT2D eigenvalue weighted by molar-refractivity contribution is 5.09. The van der Waals surface area contributed by atoms with Crippen LogP contribution >= 0.6 is 0 Å². The molecule has 0 spiro atoms. The van der Waals surface area contributed by atoms with Crippen LogP contribution in [0.1, 0.15) is 18.4 Å². The predicted molar refractivity (Wildman–Crippen MR) is 59.8 cm³/mol. The monoisotopic (exact) mass is 207 g/mol. The Labute approximate surface area is 89.1 Å². The Hall–Kier alpha value is -1.13. The fourth-order valence-corrected chi connectivity index (χ4v) is 1.48. The summed E-state index contributed by atoms with van der Waals surface area (Å²) in [5.41, 5.74) is 0.996. The zero-order valence-electron chi connectivity index (χ0n) is 8.75. The number of pyridine rings is 1. The maximum atomic E-state index is 11.0. The van der Waals surface area contributed by atoms with Gasteiger partial charge < -0.3 is 15.6 Å². The molecule has 1 heterocycles. The van der Waals surface area contributed by atoms with Gasteiger partial charge in [0.2, 0.25) is 5.56 Å². The molecule has 0 bridgehead atoms. The largest absolute Gasteiger partial charge is 0.329 e. The molecule has 82 valence electrons. The Bertz CT molecular complexity index is 357. The molecule has 0 unspecified atom stereocenters. The highest BCUT2D eigenvalue weighted by Crippen LogP contribution is 2.17. The lowest BCUT2D eigenvalue weighted by Crippen LogP contribution is -2.28. The van der Waals surface area contributed by atoms with Crippen LogP contribution < -0.4 is 16.2 Å². The van der Waals surface area contributed by atoms with Crippen LogP contribution in [-0.4, -0.2) is 24.1 Å². The van der Waals surface area contributed by atoms with Crippen LogP contribution in [-0.2, 0) is 6.54 Å². The average Bonchev–Trinajstić information content (AvgIpc) is 3.01. The summed E-state index contributed by atoms with van der Waals surface area (Å²) in [6.45, 7) is 2.72. The van der Waals surface area contributed by atoms with Crippen LogP contribution in [0.25, 0.3) is 0 Å². The smallest absolute Gasteiger partial charge is 0.248 e. The summed E-state index contributed by atoms with van der Waals surface area (Å²) in [5.74, 6) is 0. The van der Waals surface area contributed by atoms with Crippen LogP contribution in [0.5, 0.6) is 0 Å². The van der Waals surface area contributed by atoms with E-state index in [2.05, 4.69) is 15.6 Å².